The molecule has 0 saturated heterocycles. The van der Waals surface area contributed by atoms with Gasteiger partial charge in [0, 0.05) is 12.6 Å². The van der Waals surface area contributed by atoms with Crippen LogP contribution in [-0.2, 0) is 15.6 Å². The molecule has 1 aliphatic rings. The highest BCUT2D eigenvalue weighted by atomic mass is 28.4. The van der Waals surface area contributed by atoms with Gasteiger partial charge in [-0.2, -0.15) is 0 Å². The predicted octanol–water partition coefficient (Wildman–Crippen LogP) is 4.99. The summed E-state index contributed by atoms with van der Waals surface area (Å²) in [4.78, 5) is 14.0. The minimum absolute atomic E-state index is 0.165. The van der Waals surface area contributed by atoms with Gasteiger partial charge in [-0.25, -0.2) is 4.79 Å². The molecule has 5 heteroatoms. The molecule has 0 aromatic heterocycles. The molecule has 4 nitrogen and oxygen atoms in total. The Labute approximate surface area is 147 Å². The highest BCUT2D eigenvalue weighted by molar-refractivity contribution is 6.74. The van der Waals surface area contributed by atoms with Crippen LogP contribution >= 0.6 is 0 Å². The van der Waals surface area contributed by atoms with E-state index >= 15 is 0 Å². The van der Waals surface area contributed by atoms with Crippen LogP contribution in [0.5, 0.6) is 0 Å². The van der Waals surface area contributed by atoms with Crippen LogP contribution in [0.25, 0.3) is 0 Å². The highest BCUT2D eigenvalue weighted by Gasteiger charge is 2.37. The van der Waals surface area contributed by atoms with Crippen LogP contribution < -0.4 is 4.90 Å². The van der Waals surface area contributed by atoms with Gasteiger partial charge in [0.15, 0.2) is 8.32 Å². The zero-order valence-corrected chi connectivity index (χ0v) is 16.9. The first-order valence-corrected chi connectivity index (χ1v) is 11.7. The van der Waals surface area contributed by atoms with E-state index in [1.54, 1.807) is 0 Å². The van der Waals surface area contributed by atoms with Crippen LogP contribution in [0.15, 0.2) is 24.3 Å². The molecular weight excluding hydrogens is 318 g/mol. The Balaban J connectivity index is 1.94. The third-order valence-corrected chi connectivity index (χ3v) is 9.93. The highest BCUT2D eigenvalue weighted by Crippen LogP contribution is 2.37. The molecule has 1 aromatic carbocycles. The third kappa shape index (κ3) is 4.01. The molecule has 134 valence electrons. The summed E-state index contributed by atoms with van der Waals surface area (Å²) >= 11 is 0. The van der Waals surface area contributed by atoms with E-state index in [2.05, 4.69) is 39.9 Å². The summed E-state index contributed by atoms with van der Waals surface area (Å²) in [5.41, 5.74) is 2.21. The lowest BCUT2D eigenvalue weighted by atomic mass is 10.1. The molecule has 0 spiro atoms. The first kappa shape index (κ1) is 19.0. The summed E-state index contributed by atoms with van der Waals surface area (Å²) in [6.07, 6.45) is 2.51. The maximum Gasteiger partial charge on any atom is 0.414 e. The minimum Gasteiger partial charge on any atom is -0.452 e. The lowest BCUT2D eigenvalue weighted by molar-refractivity contribution is 0.175. The lowest BCUT2D eigenvalue weighted by Gasteiger charge is -2.36. The van der Waals surface area contributed by atoms with E-state index in [0.29, 0.717) is 0 Å². The molecule has 1 aromatic rings. The molecule has 1 amide bonds. The van der Waals surface area contributed by atoms with Crippen LogP contribution in [0, 0.1) is 0 Å². The Morgan fingerprint density at radius 2 is 1.96 bits per heavy atom. The first-order valence-electron chi connectivity index (χ1n) is 8.76. The van der Waals surface area contributed by atoms with Crippen molar-refractivity contribution in [3.8, 4) is 0 Å². The van der Waals surface area contributed by atoms with Gasteiger partial charge in [0.25, 0.3) is 0 Å². The molecule has 0 aliphatic carbocycles. The maximum absolute atomic E-state index is 12.2. The number of methoxy groups -OCH3 is 1. The summed E-state index contributed by atoms with van der Waals surface area (Å²) in [5.74, 6) is 0. The van der Waals surface area contributed by atoms with Crippen molar-refractivity contribution in [2.24, 2.45) is 0 Å². The topological polar surface area (TPSA) is 38.8 Å². The molecule has 0 unspecified atom stereocenters. The molecular formula is C19H31NO3Si. The SMILES string of the molecule is COC(=O)N1c2ccccc2C[C@H]1CCCO[Si](C)(C)C(C)(C)C. The number of amides is 1. The number of carbonyl (C=O) groups excluding carboxylic acids is 1. The number of benzene rings is 1. The van der Waals surface area contributed by atoms with Crippen molar-refractivity contribution in [2.75, 3.05) is 18.6 Å². The number of para-hydroxylation sites is 1. The standard InChI is InChI=1S/C19H31NO3Si/c1-19(2,3)24(5,6)23-13-9-11-16-14-15-10-7-8-12-17(15)20(16)18(21)22-4/h7-8,10,12,16H,9,11,13-14H2,1-6H3/t16-/m1/s1. The predicted molar refractivity (Wildman–Crippen MR) is 101 cm³/mol. The van der Waals surface area contributed by atoms with Gasteiger partial charge in [-0.05, 0) is 49.0 Å². The second-order valence-corrected chi connectivity index (χ2v) is 12.9. The monoisotopic (exact) mass is 349 g/mol. The van der Waals surface area contributed by atoms with Crippen LogP contribution in [0.2, 0.25) is 18.1 Å². The molecule has 1 heterocycles. The first-order chi connectivity index (χ1) is 11.2. The zero-order valence-electron chi connectivity index (χ0n) is 15.9. The van der Waals surface area contributed by atoms with Crippen molar-refractivity contribution in [1.82, 2.24) is 0 Å². The number of ether oxygens (including phenoxy) is 1. The van der Waals surface area contributed by atoms with E-state index in [9.17, 15) is 4.79 Å². The van der Waals surface area contributed by atoms with Crippen molar-refractivity contribution in [2.45, 2.75) is 64.2 Å². The number of hydrogen-bond acceptors (Lipinski definition) is 3. The van der Waals surface area contributed by atoms with E-state index in [-0.39, 0.29) is 17.2 Å². The van der Waals surface area contributed by atoms with Crippen LogP contribution in [-0.4, -0.2) is 34.2 Å². The molecule has 0 radical (unpaired) electrons. The fourth-order valence-electron chi connectivity index (χ4n) is 2.90. The number of carbonyl (C=O) groups is 1. The molecule has 1 aliphatic heterocycles. The molecule has 0 saturated carbocycles. The molecule has 24 heavy (non-hydrogen) atoms. The summed E-state index contributed by atoms with van der Waals surface area (Å²) < 4.78 is 11.2. The van der Waals surface area contributed by atoms with E-state index in [4.69, 9.17) is 9.16 Å². The summed E-state index contributed by atoms with van der Waals surface area (Å²) in [7, 11) is -0.251. The number of nitrogens with zero attached hydrogens (tertiary/aromatic N) is 1. The Kier molecular flexibility index (Phi) is 5.76. The van der Waals surface area contributed by atoms with Crippen LogP contribution in [0.1, 0.15) is 39.2 Å². The largest absolute Gasteiger partial charge is 0.452 e. The third-order valence-electron chi connectivity index (χ3n) is 5.39. The van der Waals surface area contributed by atoms with Gasteiger partial charge < -0.3 is 9.16 Å². The van der Waals surface area contributed by atoms with E-state index in [1.807, 2.05) is 23.1 Å². The molecule has 0 N–H and O–H groups in total. The van der Waals surface area contributed by atoms with Crippen molar-refractivity contribution in [3.63, 3.8) is 0 Å². The van der Waals surface area contributed by atoms with Gasteiger partial charge >= 0.3 is 6.09 Å². The zero-order chi connectivity index (χ0) is 18.0. The molecule has 0 bridgehead atoms. The van der Waals surface area contributed by atoms with Gasteiger partial charge in [0.1, 0.15) is 0 Å². The fraction of sp³-hybridized carbons (Fsp3) is 0.632. The van der Waals surface area contributed by atoms with Gasteiger partial charge in [-0.3, -0.25) is 4.90 Å². The fourth-order valence-corrected chi connectivity index (χ4v) is 3.99. The Hall–Kier alpha value is -1.33. The lowest BCUT2D eigenvalue weighted by Crippen LogP contribution is -2.41. The molecule has 0 fully saturated rings. The van der Waals surface area contributed by atoms with E-state index in [0.717, 1.165) is 31.6 Å². The van der Waals surface area contributed by atoms with Crippen molar-refractivity contribution < 1.29 is 14.0 Å². The number of hydrogen-bond donors (Lipinski definition) is 0. The smallest absolute Gasteiger partial charge is 0.414 e. The number of anilines is 1. The van der Waals surface area contributed by atoms with Crippen molar-refractivity contribution in [3.05, 3.63) is 29.8 Å². The summed E-state index contributed by atoms with van der Waals surface area (Å²) in [6, 6.07) is 8.25. The Bertz CT molecular complexity index is 580. The van der Waals surface area contributed by atoms with E-state index in [1.165, 1.54) is 12.7 Å². The van der Waals surface area contributed by atoms with Crippen molar-refractivity contribution in [1.29, 1.82) is 0 Å². The maximum atomic E-state index is 12.2. The summed E-state index contributed by atoms with van der Waals surface area (Å²) in [6.45, 7) is 12.1. The van der Waals surface area contributed by atoms with Gasteiger partial charge in [0.2, 0.25) is 0 Å². The van der Waals surface area contributed by atoms with Gasteiger partial charge in [0.05, 0.1) is 12.8 Å². The second kappa shape index (κ2) is 7.27. The van der Waals surface area contributed by atoms with Crippen LogP contribution in [0.4, 0.5) is 10.5 Å². The quantitative estimate of drug-likeness (QED) is 0.555. The van der Waals surface area contributed by atoms with Gasteiger partial charge in [-0.1, -0.05) is 39.0 Å². The minimum atomic E-state index is -1.70. The van der Waals surface area contributed by atoms with Crippen molar-refractivity contribution >= 4 is 20.1 Å². The van der Waals surface area contributed by atoms with Crippen LogP contribution in [0.3, 0.4) is 0 Å². The average Bonchev–Trinajstić information content (AvgIpc) is 2.88. The number of rotatable bonds is 5. The second-order valence-electron chi connectivity index (χ2n) is 8.08. The van der Waals surface area contributed by atoms with E-state index < -0.39 is 8.32 Å². The Morgan fingerprint density at radius 1 is 1.29 bits per heavy atom. The van der Waals surface area contributed by atoms with Gasteiger partial charge in [-0.15, -0.1) is 0 Å². The normalized spacial score (nSPS) is 17.8. The molecule has 2 rings (SSSR count). The average molecular weight is 350 g/mol. The number of fused-ring (bicyclic) bond motifs is 1. The summed E-state index contributed by atoms with van der Waals surface area (Å²) in [5, 5.41) is 0.231. The molecule has 1 atom stereocenters. The Morgan fingerprint density at radius 3 is 2.58 bits per heavy atom.